The molecular formula is C12H17BrN4. The summed E-state index contributed by atoms with van der Waals surface area (Å²) >= 11 is 3.43. The quantitative estimate of drug-likeness (QED) is 0.846. The van der Waals surface area contributed by atoms with Crippen LogP contribution in [0.15, 0.2) is 4.73 Å². The lowest BCUT2D eigenvalue weighted by Crippen LogP contribution is -2.39. The first-order valence-corrected chi connectivity index (χ1v) is 7.04. The molecule has 1 aromatic rings. The van der Waals surface area contributed by atoms with Crippen molar-refractivity contribution in [3.63, 3.8) is 0 Å². The van der Waals surface area contributed by atoms with E-state index in [0.29, 0.717) is 6.04 Å². The first kappa shape index (κ1) is 11.4. The Morgan fingerprint density at radius 3 is 2.88 bits per heavy atom. The van der Waals surface area contributed by atoms with Gasteiger partial charge in [0.2, 0.25) is 0 Å². The minimum atomic E-state index is 0.669. The van der Waals surface area contributed by atoms with Gasteiger partial charge in [-0.15, -0.1) is 0 Å². The van der Waals surface area contributed by atoms with Gasteiger partial charge in [-0.3, -0.25) is 0 Å². The highest BCUT2D eigenvalue weighted by Crippen LogP contribution is 2.31. The number of nitrogens with zero attached hydrogens (tertiary/aromatic N) is 3. The summed E-state index contributed by atoms with van der Waals surface area (Å²) in [5, 5.41) is 3.41. The van der Waals surface area contributed by atoms with E-state index in [4.69, 9.17) is 0 Å². The maximum absolute atomic E-state index is 4.58. The second-order valence-electron chi connectivity index (χ2n) is 4.86. The van der Waals surface area contributed by atoms with Crippen LogP contribution < -0.4 is 10.2 Å². The average molecular weight is 297 g/mol. The Morgan fingerprint density at radius 2 is 2.18 bits per heavy atom. The van der Waals surface area contributed by atoms with Gasteiger partial charge in [0.05, 0.1) is 5.69 Å². The van der Waals surface area contributed by atoms with Crippen LogP contribution in [0.5, 0.6) is 0 Å². The highest BCUT2D eigenvalue weighted by atomic mass is 79.9. The third-order valence-electron chi connectivity index (χ3n) is 3.84. The molecule has 0 amide bonds. The van der Waals surface area contributed by atoms with Crippen LogP contribution in [0, 0.1) is 0 Å². The molecule has 0 spiro atoms. The molecule has 1 fully saturated rings. The zero-order chi connectivity index (χ0) is 11.8. The number of anilines is 1. The van der Waals surface area contributed by atoms with Gasteiger partial charge in [-0.05, 0) is 35.2 Å². The van der Waals surface area contributed by atoms with Gasteiger partial charge in [0, 0.05) is 38.2 Å². The van der Waals surface area contributed by atoms with E-state index in [1.54, 1.807) is 0 Å². The molecule has 0 aromatic carbocycles. The number of halogens is 1. The molecule has 17 heavy (non-hydrogen) atoms. The number of fused-ring (bicyclic) bond motifs is 1. The molecule has 2 aliphatic rings. The first-order chi connectivity index (χ1) is 8.25. The zero-order valence-electron chi connectivity index (χ0n) is 10.0. The fourth-order valence-electron chi connectivity index (χ4n) is 2.53. The fourth-order valence-corrected chi connectivity index (χ4v) is 2.92. The van der Waals surface area contributed by atoms with Crippen LogP contribution in [-0.2, 0) is 13.0 Å². The fraction of sp³-hybridized carbons (Fsp3) is 0.667. The first-order valence-electron chi connectivity index (χ1n) is 6.24. The van der Waals surface area contributed by atoms with Gasteiger partial charge in [0.15, 0.2) is 4.73 Å². The molecule has 1 aliphatic carbocycles. The van der Waals surface area contributed by atoms with E-state index in [0.717, 1.165) is 30.1 Å². The van der Waals surface area contributed by atoms with Gasteiger partial charge < -0.3 is 10.2 Å². The highest BCUT2D eigenvalue weighted by Gasteiger charge is 2.27. The Labute approximate surface area is 110 Å². The number of hydrogen-bond acceptors (Lipinski definition) is 4. The maximum atomic E-state index is 4.58. The van der Waals surface area contributed by atoms with Crippen LogP contribution in [0.4, 0.5) is 5.82 Å². The van der Waals surface area contributed by atoms with Crippen molar-refractivity contribution in [1.82, 2.24) is 15.3 Å². The van der Waals surface area contributed by atoms with Crippen molar-refractivity contribution in [1.29, 1.82) is 0 Å². The van der Waals surface area contributed by atoms with Crippen molar-refractivity contribution in [3.8, 4) is 0 Å². The Bertz CT molecular complexity index is 431. The molecule has 1 N–H and O–H groups in total. The van der Waals surface area contributed by atoms with E-state index >= 15 is 0 Å². The normalized spacial score (nSPS) is 19.6. The van der Waals surface area contributed by atoms with Crippen molar-refractivity contribution in [2.75, 3.05) is 18.5 Å². The molecule has 1 aromatic heterocycles. The summed E-state index contributed by atoms with van der Waals surface area (Å²) in [6.07, 6.45) is 4.93. The van der Waals surface area contributed by atoms with E-state index in [-0.39, 0.29) is 0 Å². The minimum absolute atomic E-state index is 0.669. The zero-order valence-corrected chi connectivity index (χ0v) is 11.6. The predicted molar refractivity (Wildman–Crippen MR) is 71.2 cm³/mol. The van der Waals surface area contributed by atoms with Crippen LogP contribution in [-0.4, -0.2) is 29.6 Å². The largest absolute Gasteiger partial charge is 0.356 e. The van der Waals surface area contributed by atoms with Crippen molar-refractivity contribution < 1.29 is 0 Å². The maximum Gasteiger partial charge on any atom is 0.198 e. The summed E-state index contributed by atoms with van der Waals surface area (Å²) in [4.78, 5) is 11.4. The van der Waals surface area contributed by atoms with Crippen LogP contribution in [0.1, 0.15) is 30.5 Å². The smallest absolute Gasteiger partial charge is 0.198 e. The van der Waals surface area contributed by atoms with Crippen molar-refractivity contribution in [2.24, 2.45) is 0 Å². The minimum Gasteiger partial charge on any atom is -0.356 e. The molecule has 0 saturated heterocycles. The van der Waals surface area contributed by atoms with Crippen LogP contribution in [0.3, 0.4) is 0 Å². The standard InChI is InChI=1S/C12H17BrN4/c1-17(8-3-2-4-8)11-9-7-14-6-5-10(9)15-12(13)16-11/h8,14H,2-7H2,1H3. The van der Waals surface area contributed by atoms with Crippen LogP contribution in [0.25, 0.3) is 0 Å². The van der Waals surface area contributed by atoms with Gasteiger partial charge in [-0.2, -0.15) is 0 Å². The third kappa shape index (κ3) is 2.06. The van der Waals surface area contributed by atoms with Crippen molar-refractivity contribution in [3.05, 3.63) is 16.0 Å². The number of rotatable bonds is 2. The molecule has 3 rings (SSSR count). The highest BCUT2D eigenvalue weighted by molar-refractivity contribution is 9.10. The van der Waals surface area contributed by atoms with Gasteiger partial charge in [0.1, 0.15) is 5.82 Å². The molecule has 1 saturated carbocycles. The Morgan fingerprint density at radius 1 is 1.35 bits per heavy atom. The monoisotopic (exact) mass is 296 g/mol. The topological polar surface area (TPSA) is 41.1 Å². The van der Waals surface area contributed by atoms with Crippen molar-refractivity contribution >= 4 is 21.7 Å². The molecule has 5 heteroatoms. The van der Waals surface area contributed by atoms with Crippen LogP contribution >= 0.6 is 15.9 Å². The molecule has 0 unspecified atom stereocenters. The summed E-state index contributed by atoms with van der Waals surface area (Å²) in [7, 11) is 2.16. The van der Waals surface area contributed by atoms with Gasteiger partial charge in [-0.1, -0.05) is 0 Å². The average Bonchev–Trinajstić information content (AvgIpc) is 2.25. The molecule has 0 atom stereocenters. The number of nitrogens with one attached hydrogen (secondary N) is 1. The summed E-state index contributed by atoms with van der Waals surface area (Å²) in [6.45, 7) is 1.91. The molecule has 92 valence electrons. The SMILES string of the molecule is CN(c1nc(Br)nc2c1CNCC2)C1CCC1. The van der Waals surface area contributed by atoms with Gasteiger partial charge >= 0.3 is 0 Å². The lowest BCUT2D eigenvalue weighted by Gasteiger charge is -2.37. The molecule has 0 bridgehead atoms. The summed E-state index contributed by atoms with van der Waals surface area (Å²) in [5.74, 6) is 1.11. The Balaban J connectivity index is 1.98. The number of aromatic nitrogens is 2. The van der Waals surface area contributed by atoms with Gasteiger partial charge in [0.25, 0.3) is 0 Å². The molecule has 1 aliphatic heterocycles. The van der Waals surface area contributed by atoms with E-state index in [9.17, 15) is 0 Å². The second-order valence-corrected chi connectivity index (χ2v) is 5.57. The van der Waals surface area contributed by atoms with Crippen LogP contribution in [0.2, 0.25) is 0 Å². The molecular weight excluding hydrogens is 280 g/mol. The Hall–Kier alpha value is -0.680. The lowest BCUT2D eigenvalue weighted by atomic mass is 9.91. The van der Waals surface area contributed by atoms with E-state index in [1.807, 2.05) is 0 Å². The number of hydrogen-bond donors (Lipinski definition) is 1. The Kier molecular flexibility index (Phi) is 3.04. The summed E-state index contributed by atoms with van der Waals surface area (Å²) in [6, 6.07) is 0.669. The van der Waals surface area contributed by atoms with E-state index in [1.165, 1.54) is 30.5 Å². The second kappa shape index (κ2) is 4.53. The lowest BCUT2D eigenvalue weighted by molar-refractivity contribution is 0.397. The third-order valence-corrected chi connectivity index (χ3v) is 4.20. The molecule has 4 nitrogen and oxygen atoms in total. The predicted octanol–water partition coefficient (Wildman–Crippen LogP) is 1.87. The summed E-state index contributed by atoms with van der Waals surface area (Å²) in [5.41, 5.74) is 2.49. The molecule has 0 radical (unpaired) electrons. The molecule has 2 heterocycles. The summed E-state index contributed by atoms with van der Waals surface area (Å²) < 4.78 is 0.722. The van der Waals surface area contributed by atoms with Gasteiger partial charge in [-0.25, -0.2) is 9.97 Å². The van der Waals surface area contributed by atoms with E-state index in [2.05, 4.69) is 43.2 Å². The van der Waals surface area contributed by atoms with Crippen molar-refractivity contribution in [2.45, 2.75) is 38.3 Å². The van der Waals surface area contributed by atoms with E-state index < -0.39 is 0 Å².